The van der Waals surface area contributed by atoms with E-state index >= 15 is 0 Å². The van der Waals surface area contributed by atoms with E-state index in [2.05, 4.69) is 25.9 Å². The summed E-state index contributed by atoms with van der Waals surface area (Å²) in [6, 6.07) is 4.37. The maximum atomic E-state index is 13.1. The van der Waals surface area contributed by atoms with Crippen LogP contribution in [-0.4, -0.2) is 9.97 Å². The molecule has 0 saturated heterocycles. The molecule has 0 saturated carbocycles. The second kappa shape index (κ2) is 4.89. The summed E-state index contributed by atoms with van der Waals surface area (Å²) >= 11 is 3.08. The van der Waals surface area contributed by atoms with Crippen LogP contribution in [0.15, 0.2) is 27.5 Å². The average Bonchev–Trinajstić information content (AvgIpc) is 2.32. The van der Waals surface area contributed by atoms with Gasteiger partial charge in [-0.05, 0) is 40.5 Å². The van der Waals surface area contributed by atoms with Gasteiger partial charge < -0.3 is 10.7 Å². The summed E-state index contributed by atoms with van der Waals surface area (Å²) in [4.78, 5) is 18.5. The lowest BCUT2D eigenvalue weighted by Crippen LogP contribution is -2.17. The summed E-state index contributed by atoms with van der Waals surface area (Å²) in [6.07, 6.45) is 0.515. The molecular weight excluding hydrogens is 301 g/mol. The average molecular weight is 312 g/mol. The molecule has 0 radical (unpaired) electrons. The Morgan fingerprint density at radius 1 is 1.50 bits per heavy atom. The molecule has 18 heavy (non-hydrogen) atoms. The van der Waals surface area contributed by atoms with Crippen molar-refractivity contribution in [3.05, 3.63) is 44.4 Å². The summed E-state index contributed by atoms with van der Waals surface area (Å²) in [5.74, 6) is 0.159. The molecule has 0 aliphatic heterocycles. The van der Waals surface area contributed by atoms with Crippen LogP contribution in [0, 0.1) is 5.82 Å². The van der Waals surface area contributed by atoms with Crippen molar-refractivity contribution in [1.29, 1.82) is 0 Å². The van der Waals surface area contributed by atoms with E-state index in [1.54, 1.807) is 6.07 Å². The molecule has 2 rings (SSSR count). The third kappa shape index (κ3) is 2.28. The van der Waals surface area contributed by atoms with Crippen molar-refractivity contribution in [2.75, 3.05) is 5.73 Å². The number of halogens is 2. The van der Waals surface area contributed by atoms with E-state index in [1.807, 2.05) is 6.92 Å². The molecule has 0 spiro atoms. The highest BCUT2D eigenvalue weighted by Crippen LogP contribution is 2.23. The van der Waals surface area contributed by atoms with Gasteiger partial charge in [-0.2, -0.15) is 0 Å². The molecule has 4 nitrogen and oxygen atoms in total. The van der Waals surface area contributed by atoms with Crippen LogP contribution < -0.4 is 11.3 Å². The zero-order chi connectivity index (χ0) is 13.3. The van der Waals surface area contributed by atoms with Crippen molar-refractivity contribution in [2.24, 2.45) is 0 Å². The predicted molar refractivity (Wildman–Crippen MR) is 71.7 cm³/mol. The standard InChI is InChI=1S/C12H11BrFN3O/c1-2-7-10(15)16-11(17-12(7)18)6-3-4-9(14)8(13)5-6/h3-5H,2H2,1H3,(H3,15,16,17,18). The number of nitrogens with one attached hydrogen (secondary N) is 1. The van der Waals surface area contributed by atoms with E-state index < -0.39 is 0 Å². The van der Waals surface area contributed by atoms with Crippen LogP contribution in [0.1, 0.15) is 12.5 Å². The number of rotatable bonds is 2. The van der Waals surface area contributed by atoms with Crippen LogP contribution >= 0.6 is 15.9 Å². The van der Waals surface area contributed by atoms with Gasteiger partial charge in [0.05, 0.1) is 10.0 Å². The smallest absolute Gasteiger partial charge is 0.256 e. The first-order chi connectivity index (χ1) is 8.52. The number of H-pyrrole nitrogens is 1. The first kappa shape index (κ1) is 12.8. The van der Waals surface area contributed by atoms with Crippen molar-refractivity contribution in [2.45, 2.75) is 13.3 Å². The zero-order valence-corrected chi connectivity index (χ0v) is 11.2. The van der Waals surface area contributed by atoms with Gasteiger partial charge >= 0.3 is 0 Å². The predicted octanol–water partition coefficient (Wildman–Crippen LogP) is 2.48. The highest BCUT2D eigenvalue weighted by molar-refractivity contribution is 9.10. The van der Waals surface area contributed by atoms with Gasteiger partial charge in [0, 0.05) is 5.56 Å². The lowest BCUT2D eigenvalue weighted by molar-refractivity contribution is 0.621. The highest BCUT2D eigenvalue weighted by Gasteiger charge is 2.10. The minimum absolute atomic E-state index is 0.205. The number of benzene rings is 1. The lowest BCUT2D eigenvalue weighted by Gasteiger charge is -2.06. The molecule has 0 aliphatic rings. The Balaban J connectivity index is 2.58. The van der Waals surface area contributed by atoms with Crippen LogP contribution in [0.3, 0.4) is 0 Å². The molecule has 0 atom stereocenters. The Hall–Kier alpha value is -1.69. The number of nitrogens with zero attached hydrogens (tertiary/aromatic N) is 1. The quantitative estimate of drug-likeness (QED) is 0.895. The van der Waals surface area contributed by atoms with Crippen LogP contribution in [0.25, 0.3) is 11.4 Å². The Morgan fingerprint density at radius 3 is 2.78 bits per heavy atom. The maximum Gasteiger partial charge on any atom is 0.256 e. The van der Waals surface area contributed by atoms with E-state index in [0.29, 0.717) is 27.8 Å². The first-order valence-electron chi connectivity index (χ1n) is 5.37. The molecule has 1 heterocycles. The van der Waals surface area contributed by atoms with Gasteiger partial charge in [-0.25, -0.2) is 9.37 Å². The Kier molecular flexibility index (Phi) is 3.47. The SMILES string of the molecule is CCc1c(N)nc(-c2ccc(F)c(Br)c2)[nH]c1=O. The van der Waals surface area contributed by atoms with Gasteiger partial charge in [0.25, 0.3) is 5.56 Å². The van der Waals surface area contributed by atoms with Crippen molar-refractivity contribution in [3.8, 4) is 11.4 Å². The zero-order valence-electron chi connectivity index (χ0n) is 9.63. The van der Waals surface area contributed by atoms with Crippen LogP contribution in [-0.2, 0) is 6.42 Å². The third-order valence-corrected chi connectivity index (χ3v) is 3.20. The second-order valence-corrected chi connectivity index (χ2v) is 4.62. The molecule has 94 valence electrons. The summed E-state index contributed by atoms with van der Waals surface area (Å²) in [7, 11) is 0. The number of hydrogen-bond donors (Lipinski definition) is 2. The van der Waals surface area contributed by atoms with E-state index in [-0.39, 0.29) is 17.2 Å². The van der Waals surface area contributed by atoms with Crippen molar-refractivity contribution in [3.63, 3.8) is 0 Å². The number of nitrogens with two attached hydrogens (primary N) is 1. The lowest BCUT2D eigenvalue weighted by atomic mass is 10.2. The minimum atomic E-state index is -0.376. The van der Waals surface area contributed by atoms with E-state index in [4.69, 9.17) is 5.73 Å². The minimum Gasteiger partial charge on any atom is -0.383 e. The van der Waals surface area contributed by atoms with Crippen LogP contribution in [0.4, 0.5) is 10.2 Å². The van der Waals surface area contributed by atoms with Gasteiger partial charge in [-0.1, -0.05) is 6.92 Å². The molecule has 0 unspecified atom stereocenters. The van der Waals surface area contributed by atoms with Crippen molar-refractivity contribution < 1.29 is 4.39 Å². The van der Waals surface area contributed by atoms with E-state index in [9.17, 15) is 9.18 Å². The van der Waals surface area contributed by atoms with Crippen LogP contribution in [0.5, 0.6) is 0 Å². The molecule has 6 heteroatoms. The number of anilines is 1. The maximum absolute atomic E-state index is 13.1. The fraction of sp³-hybridized carbons (Fsp3) is 0.167. The topological polar surface area (TPSA) is 71.8 Å². The number of aromatic nitrogens is 2. The molecule has 2 aromatic rings. The fourth-order valence-corrected chi connectivity index (χ4v) is 2.02. The molecule has 0 bridgehead atoms. The van der Waals surface area contributed by atoms with Crippen molar-refractivity contribution >= 4 is 21.7 Å². The Labute approximate surface area is 111 Å². The summed E-state index contributed by atoms with van der Waals surface area (Å²) in [5, 5.41) is 0. The molecule has 0 aliphatic carbocycles. The Morgan fingerprint density at radius 2 is 2.22 bits per heavy atom. The van der Waals surface area contributed by atoms with Crippen molar-refractivity contribution in [1.82, 2.24) is 9.97 Å². The Bertz CT molecular complexity index is 654. The monoisotopic (exact) mass is 311 g/mol. The third-order valence-electron chi connectivity index (χ3n) is 2.59. The molecule has 1 aromatic carbocycles. The van der Waals surface area contributed by atoms with E-state index in [1.165, 1.54) is 12.1 Å². The molecule has 0 amide bonds. The summed E-state index contributed by atoms with van der Waals surface area (Å²) in [6.45, 7) is 1.83. The summed E-state index contributed by atoms with van der Waals surface area (Å²) < 4.78 is 13.4. The highest BCUT2D eigenvalue weighted by atomic mass is 79.9. The molecule has 0 fully saturated rings. The van der Waals surface area contributed by atoms with Gasteiger partial charge in [-0.15, -0.1) is 0 Å². The molecular formula is C12H11BrFN3O. The second-order valence-electron chi connectivity index (χ2n) is 3.76. The number of hydrogen-bond acceptors (Lipinski definition) is 3. The number of nitrogen functional groups attached to an aromatic ring is 1. The summed E-state index contributed by atoms with van der Waals surface area (Å²) in [5.41, 5.74) is 6.51. The molecule has 3 N–H and O–H groups in total. The van der Waals surface area contributed by atoms with Gasteiger partial charge in [0.2, 0.25) is 0 Å². The largest absolute Gasteiger partial charge is 0.383 e. The fourth-order valence-electron chi connectivity index (χ4n) is 1.64. The normalized spacial score (nSPS) is 10.6. The first-order valence-corrected chi connectivity index (χ1v) is 6.16. The molecule has 1 aromatic heterocycles. The van der Waals surface area contributed by atoms with Gasteiger partial charge in [-0.3, -0.25) is 4.79 Å². The van der Waals surface area contributed by atoms with Gasteiger partial charge in [0.15, 0.2) is 0 Å². The van der Waals surface area contributed by atoms with E-state index in [0.717, 1.165) is 0 Å². The van der Waals surface area contributed by atoms with Crippen LogP contribution in [0.2, 0.25) is 0 Å². The van der Waals surface area contributed by atoms with Gasteiger partial charge in [0.1, 0.15) is 17.5 Å². The number of aromatic amines is 1.